The smallest absolute Gasteiger partial charge is 0.251 e. The van der Waals surface area contributed by atoms with E-state index in [0.717, 1.165) is 5.56 Å². The van der Waals surface area contributed by atoms with Crippen LogP contribution in [-0.4, -0.2) is 9.55 Å². The molecule has 1 unspecified atom stereocenters. The van der Waals surface area contributed by atoms with Crippen molar-refractivity contribution in [3.05, 3.63) is 98.9 Å². The van der Waals surface area contributed by atoms with Crippen LogP contribution in [0.2, 0.25) is 5.02 Å². The third kappa shape index (κ3) is 3.53. The summed E-state index contributed by atoms with van der Waals surface area (Å²) in [6.45, 7) is 0. The SMILES string of the molecule is C#Cc1cccc(-c2cc(=O)n(C)c3ccc(C(F)c4ccc(Cl)cc4)nc23)c1. The Morgan fingerprint density at radius 3 is 2.59 bits per heavy atom. The lowest BCUT2D eigenvalue weighted by molar-refractivity contribution is 0.394. The van der Waals surface area contributed by atoms with E-state index in [4.69, 9.17) is 18.0 Å². The summed E-state index contributed by atoms with van der Waals surface area (Å²) in [5, 5.41) is 0.540. The highest BCUT2D eigenvalue weighted by Crippen LogP contribution is 2.31. The second-order valence-corrected chi connectivity index (χ2v) is 7.13. The number of pyridine rings is 2. The Labute approximate surface area is 172 Å². The first-order valence-corrected chi connectivity index (χ1v) is 9.33. The average Bonchev–Trinajstić information content (AvgIpc) is 2.76. The molecule has 5 heteroatoms. The number of hydrogen-bond acceptors (Lipinski definition) is 2. The minimum atomic E-state index is -1.42. The molecule has 2 aromatic carbocycles. The van der Waals surface area contributed by atoms with Gasteiger partial charge in [0.05, 0.1) is 16.7 Å². The molecule has 0 fully saturated rings. The summed E-state index contributed by atoms with van der Waals surface area (Å²) in [6, 6.07) is 18.7. The zero-order chi connectivity index (χ0) is 20.5. The Bertz CT molecular complexity index is 1320. The normalized spacial score (nSPS) is 11.9. The van der Waals surface area contributed by atoms with Crippen LogP contribution < -0.4 is 5.56 Å². The molecule has 29 heavy (non-hydrogen) atoms. The first-order valence-electron chi connectivity index (χ1n) is 8.95. The number of aryl methyl sites for hydroxylation is 1. The zero-order valence-corrected chi connectivity index (χ0v) is 16.3. The summed E-state index contributed by atoms with van der Waals surface area (Å²) < 4.78 is 16.7. The van der Waals surface area contributed by atoms with Gasteiger partial charge >= 0.3 is 0 Å². The molecule has 3 nitrogen and oxygen atoms in total. The molecule has 2 aromatic heterocycles. The van der Waals surface area contributed by atoms with Crippen LogP contribution in [0.5, 0.6) is 0 Å². The van der Waals surface area contributed by atoms with Crippen molar-refractivity contribution in [3.8, 4) is 23.5 Å². The molecule has 4 aromatic rings. The molecule has 0 N–H and O–H groups in total. The van der Waals surface area contributed by atoms with Gasteiger partial charge in [-0.3, -0.25) is 4.79 Å². The molecule has 2 heterocycles. The van der Waals surface area contributed by atoms with Gasteiger partial charge in [0.2, 0.25) is 0 Å². The number of nitrogens with zero attached hydrogens (tertiary/aromatic N) is 2. The number of rotatable bonds is 3. The quantitative estimate of drug-likeness (QED) is 0.436. The molecule has 0 bridgehead atoms. The van der Waals surface area contributed by atoms with E-state index >= 15 is 4.39 Å². The standard InChI is InChI=1S/C24H16ClFN2O/c1-3-15-5-4-6-17(13-15)19-14-22(29)28(2)21-12-11-20(27-24(19)21)23(26)16-7-9-18(25)10-8-16/h1,4-14,23H,2H3. The van der Waals surface area contributed by atoms with Crippen molar-refractivity contribution in [1.82, 2.24) is 9.55 Å². The Morgan fingerprint density at radius 1 is 1.10 bits per heavy atom. The van der Waals surface area contributed by atoms with Gasteiger partial charge in [-0.05, 0) is 47.5 Å². The van der Waals surface area contributed by atoms with Crippen LogP contribution in [0.3, 0.4) is 0 Å². The summed E-state index contributed by atoms with van der Waals surface area (Å²) >= 11 is 5.90. The topological polar surface area (TPSA) is 34.9 Å². The third-order valence-electron chi connectivity index (χ3n) is 4.87. The number of halogens is 2. The lowest BCUT2D eigenvalue weighted by Gasteiger charge is -2.14. The van der Waals surface area contributed by atoms with Gasteiger partial charge < -0.3 is 4.57 Å². The minimum Gasteiger partial charge on any atom is -0.310 e. The van der Waals surface area contributed by atoms with Crippen molar-refractivity contribution in [2.24, 2.45) is 7.05 Å². The molecule has 142 valence electrons. The molecule has 4 rings (SSSR count). The maximum absolute atomic E-state index is 15.2. The lowest BCUT2D eigenvalue weighted by Crippen LogP contribution is -2.17. The van der Waals surface area contributed by atoms with E-state index < -0.39 is 6.17 Å². The molecule has 0 saturated carbocycles. The number of fused-ring (bicyclic) bond motifs is 1. The molecule has 0 radical (unpaired) electrons. The molecular weight excluding hydrogens is 387 g/mol. The van der Waals surface area contributed by atoms with Gasteiger partial charge in [-0.15, -0.1) is 6.42 Å². The molecule has 0 aliphatic heterocycles. The van der Waals surface area contributed by atoms with Crippen LogP contribution in [0, 0.1) is 12.3 Å². The van der Waals surface area contributed by atoms with Gasteiger partial charge in [-0.25, -0.2) is 9.37 Å². The minimum absolute atomic E-state index is 0.178. The zero-order valence-electron chi connectivity index (χ0n) is 15.6. The van der Waals surface area contributed by atoms with Crippen LogP contribution >= 0.6 is 11.6 Å². The number of hydrogen-bond donors (Lipinski definition) is 0. The maximum Gasteiger partial charge on any atom is 0.251 e. The largest absolute Gasteiger partial charge is 0.310 e. The van der Waals surface area contributed by atoms with Gasteiger partial charge in [-0.1, -0.05) is 41.8 Å². The highest BCUT2D eigenvalue weighted by atomic mass is 35.5. The molecule has 0 spiro atoms. The Morgan fingerprint density at radius 2 is 1.86 bits per heavy atom. The molecule has 0 aliphatic carbocycles. The Hall–Kier alpha value is -3.42. The second-order valence-electron chi connectivity index (χ2n) is 6.70. The second kappa shape index (κ2) is 7.54. The van der Waals surface area contributed by atoms with Crippen molar-refractivity contribution < 1.29 is 4.39 Å². The maximum atomic E-state index is 15.2. The van der Waals surface area contributed by atoms with Crippen molar-refractivity contribution in [2.75, 3.05) is 0 Å². The fourth-order valence-electron chi connectivity index (χ4n) is 3.28. The van der Waals surface area contributed by atoms with E-state index in [0.29, 0.717) is 32.7 Å². The Kier molecular flexibility index (Phi) is 4.92. The molecule has 0 amide bonds. The number of benzene rings is 2. The molecule has 1 atom stereocenters. The van der Waals surface area contributed by atoms with Crippen LogP contribution in [0.25, 0.3) is 22.2 Å². The summed E-state index contributed by atoms with van der Waals surface area (Å²) in [5.74, 6) is 2.59. The van der Waals surface area contributed by atoms with Gasteiger partial charge in [0.15, 0.2) is 6.17 Å². The van der Waals surface area contributed by atoms with E-state index in [-0.39, 0.29) is 11.3 Å². The number of alkyl halides is 1. The highest BCUT2D eigenvalue weighted by Gasteiger charge is 2.17. The monoisotopic (exact) mass is 402 g/mol. The van der Waals surface area contributed by atoms with E-state index in [1.165, 1.54) is 10.6 Å². The average molecular weight is 403 g/mol. The molecular formula is C24H16ClFN2O. The van der Waals surface area contributed by atoms with Crippen LogP contribution in [0.15, 0.2) is 71.5 Å². The molecule has 0 saturated heterocycles. The number of aromatic nitrogens is 2. The summed E-state index contributed by atoms with van der Waals surface area (Å²) in [4.78, 5) is 17.1. The van der Waals surface area contributed by atoms with E-state index in [1.807, 2.05) is 24.3 Å². The number of terminal acetylenes is 1. The van der Waals surface area contributed by atoms with E-state index in [1.54, 1.807) is 43.4 Å². The molecule has 0 aliphatic rings. The first-order chi connectivity index (χ1) is 14.0. The lowest BCUT2D eigenvalue weighted by atomic mass is 10.0. The van der Waals surface area contributed by atoms with Crippen molar-refractivity contribution in [1.29, 1.82) is 0 Å². The Balaban J connectivity index is 1.93. The fourth-order valence-corrected chi connectivity index (χ4v) is 3.41. The summed E-state index contributed by atoms with van der Waals surface area (Å²) in [5.41, 5.74) is 3.76. The van der Waals surface area contributed by atoms with E-state index in [2.05, 4.69) is 10.9 Å². The van der Waals surface area contributed by atoms with Crippen LogP contribution in [-0.2, 0) is 7.05 Å². The van der Waals surface area contributed by atoms with Gasteiger partial charge in [0.1, 0.15) is 0 Å². The summed E-state index contributed by atoms with van der Waals surface area (Å²) in [7, 11) is 1.67. The van der Waals surface area contributed by atoms with Crippen molar-refractivity contribution >= 4 is 22.6 Å². The van der Waals surface area contributed by atoms with Crippen molar-refractivity contribution in [2.45, 2.75) is 6.17 Å². The van der Waals surface area contributed by atoms with Gasteiger partial charge in [0, 0.05) is 29.3 Å². The van der Waals surface area contributed by atoms with Crippen LogP contribution in [0.4, 0.5) is 4.39 Å². The van der Waals surface area contributed by atoms with E-state index in [9.17, 15) is 4.79 Å². The third-order valence-corrected chi connectivity index (χ3v) is 5.12. The van der Waals surface area contributed by atoms with Gasteiger partial charge in [0.25, 0.3) is 5.56 Å². The highest BCUT2D eigenvalue weighted by molar-refractivity contribution is 6.30. The van der Waals surface area contributed by atoms with Gasteiger partial charge in [-0.2, -0.15) is 0 Å². The first kappa shape index (κ1) is 18.9. The predicted octanol–water partition coefficient (Wildman–Crippen LogP) is 5.29. The van der Waals surface area contributed by atoms with Crippen LogP contribution in [0.1, 0.15) is 23.0 Å². The van der Waals surface area contributed by atoms with Crippen molar-refractivity contribution in [3.63, 3.8) is 0 Å². The summed E-state index contributed by atoms with van der Waals surface area (Å²) in [6.07, 6.45) is 4.09. The fraction of sp³-hybridized carbons (Fsp3) is 0.0833. The predicted molar refractivity (Wildman–Crippen MR) is 115 cm³/mol.